The molecule has 1 aliphatic heterocycles. The molecule has 1 aliphatic carbocycles. The number of carbonyl (C=O) groups is 2. The first-order chi connectivity index (χ1) is 12.5. The normalized spacial score (nSPS) is 26.3. The third kappa shape index (κ3) is 3.60. The molecule has 0 spiro atoms. The van der Waals surface area contributed by atoms with Crippen molar-refractivity contribution < 1.29 is 32.0 Å². The summed E-state index contributed by atoms with van der Waals surface area (Å²) in [6.45, 7) is 1.27. The lowest BCUT2D eigenvalue weighted by Gasteiger charge is -2.24. The third-order valence-electron chi connectivity index (χ3n) is 5.20. The smallest absolute Gasteiger partial charge is 0.425 e. The number of piperidine rings is 1. The summed E-state index contributed by atoms with van der Waals surface area (Å²) in [7, 11) is 0. The maximum atomic E-state index is 12.9. The second-order valence-electron chi connectivity index (χ2n) is 7.02. The molecule has 1 heterocycles. The van der Waals surface area contributed by atoms with Gasteiger partial charge in [-0.05, 0) is 42.6 Å². The van der Waals surface area contributed by atoms with Crippen molar-refractivity contribution in [2.45, 2.75) is 30.5 Å². The van der Waals surface area contributed by atoms with E-state index in [-0.39, 0.29) is 23.8 Å². The van der Waals surface area contributed by atoms with Crippen LogP contribution in [0.25, 0.3) is 0 Å². The molecule has 2 amide bonds. The number of benzene rings is 1. The Bertz CT molecular complexity index is 786. The molecule has 4 atom stereocenters. The first-order valence-electron chi connectivity index (χ1n) is 8.26. The van der Waals surface area contributed by atoms with Gasteiger partial charge in [0.1, 0.15) is 12.0 Å². The van der Waals surface area contributed by atoms with Gasteiger partial charge in [0.25, 0.3) is 5.91 Å². The molecule has 10 heteroatoms. The highest BCUT2D eigenvalue weighted by Crippen LogP contribution is 2.57. The fourth-order valence-corrected chi connectivity index (χ4v) is 3.95. The van der Waals surface area contributed by atoms with Crippen LogP contribution < -0.4 is 10.5 Å². The summed E-state index contributed by atoms with van der Waals surface area (Å²) in [5, 5.41) is 0. The molecule has 2 fully saturated rings. The minimum Gasteiger partial charge on any atom is -0.612 e. The summed E-state index contributed by atoms with van der Waals surface area (Å²) in [5.74, 6) is -1.32. The van der Waals surface area contributed by atoms with E-state index >= 15 is 0 Å². The second-order valence-corrected chi connectivity index (χ2v) is 8.40. The van der Waals surface area contributed by atoms with Crippen LogP contribution in [-0.4, -0.2) is 52.9 Å². The van der Waals surface area contributed by atoms with Gasteiger partial charge in [-0.3, -0.25) is 9.59 Å². The lowest BCUT2D eigenvalue weighted by Crippen LogP contribution is -2.37. The average molecular weight is 404 g/mol. The molecular weight excluding hydrogens is 385 g/mol. The number of likely N-dealkylation sites (tertiary alicyclic amines) is 1. The number of halogens is 3. The number of fused-ring (bicyclic) bond motifs is 1. The molecule has 3 rings (SSSR count). The van der Waals surface area contributed by atoms with Crippen LogP contribution in [0.1, 0.15) is 23.7 Å². The van der Waals surface area contributed by atoms with Crippen LogP contribution in [0.4, 0.5) is 13.2 Å². The van der Waals surface area contributed by atoms with Crippen molar-refractivity contribution in [2.24, 2.45) is 17.1 Å². The Hall–Kier alpha value is -1.94. The molecule has 1 saturated carbocycles. The lowest BCUT2D eigenvalue weighted by molar-refractivity contribution is -0.189. The van der Waals surface area contributed by atoms with Gasteiger partial charge in [-0.1, -0.05) is 0 Å². The van der Waals surface area contributed by atoms with E-state index in [2.05, 4.69) is 0 Å². The van der Waals surface area contributed by atoms with Crippen LogP contribution in [0.3, 0.4) is 0 Å². The Morgan fingerprint density at radius 1 is 1.44 bits per heavy atom. The fraction of sp³-hybridized carbons (Fsp3) is 0.529. The van der Waals surface area contributed by atoms with Crippen LogP contribution in [0.2, 0.25) is 0 Å². The van der Waals surface area contributed by atoms with E-state index in [0.717, 1.165) is 6.92 Å². The number of nitrogens with zero attached hydrogens (tertiary/aromatic N) is 1. The highest BCUT2D eigenvalue weighted by atomic mass is 32.2. The molecule has 4 unspecified atom stereocenters. The highest BCUT2D eigenvalue weighted by Gasteiger charge is 2.65. The minimum atomic E-state index is -4.60. The Morgan fingerprint density at radius 3 is 2.63 bits per heavy atom. The fourth-order valence-electron chi connectivity index (χ4n) is 3.40. The summed E-state index contributed by atoms with van der Waals surface area (Å²) in [4.78, 5) is 26.2. The van der Waals surface area contributed by atoms with Crippen LogP contribution >= 0.6 is 0 Å². The number of carbonyl (C=O) groups excluding carboxylic acids is 2. The topological polar surface area (TPSA) is 95.7 Å². The summed E-state index contributed by atoms with van der Waals surface area (Å²) in [5.41, 5.74) is 4.57. The van der Waals surface area contributed by atoms with Gasteiger partial charge < -0.3 is 19.9 Å². The van der Waals surface area contributed by atoms with Crippen LogP contribution in [0, 0.1) is 11.3 Å². The number of hydrogen-bond acceptors (Lipinski definition) is 4. The molecule has 6 nitrogen and oxygen atoms in total. The quantitative estimate of drug-likeness (QED) is 0.756. The minimum absolute atomic E-state index is 0.0269. The maximum absolute atomic E-state index is 12.9. The van der Waals surface area contributed by atoms with Crippen molar-refractivity contribution >= 4 is 23.0 Å². The Kier molecular flexibility index (Phi) is 4.84. The summed E-state index contributed by atoms with van der Waals surface area (Å²) in [6, 6.07) is 3.85. The average Bonchev–Trinajstić information content (AvgIpc) is 3.15. The number of rotatable bonds is 5. The van der Waals surface area contributed by atoms with E-state index in [0.29, 0.717) is 17.9 Å². The van der Waals surface area contributed by atoms with E-state index < -0.39 is 40.7 Å². The second kappa shape index (κ2) is 6.59. The Morgan fingerprint density at radius 2 is 2.11 bits per heavy atom. The number of ether oxygens (including phenoxy) is 1. The molecule has 148 valence electrons. The first kappa shape index (κ1) is 19.8. The molecule has 0 aromatic heterocycles. The summed E-state index contributed by atoms with van der Waals surface area (Å²) in [6.07, 6.45) is -4.71. The highest BCUT2D eigenvalue weighted by molar-refractivity contribution is 7.90. The SMILES string of the molecule is CC(Oc1ccc([S+](C)[O-])cc1C(=O)N1CC2CC2(C(N)=O)C1)C(F)(F)F. The third-order valence-corrected chi connectivity index (χ3v) is 6.12. The van der Waals surface area contributed by atoms with Crippen molar-refractivity contribution in [3.05, 3.63) is 23.8 Å². The number of nitrogens with two attached hydrogens (primary N) is 1. The predicted molar refractivity (Wildman–Crippen MR) is 90.6 cm³/mol. The molecule has 27 heavy (non-hydrogen) atoms. The van der Waals surface area contributed by atoms with E-state index in [1.807, 2.05) is 0 Å². The predicted octanol–water partition coefficient (Wildman–Crippen LogP) is 1.70. The van der Waals surface area contributed by atoms with Gasteiger partial charge in [-0.15, -0.1) is 0 Å². The Balaban J connectivity index is 1.89. The summed E-state index contributed by atoms with van der Waals surface area (Å²) < 4.78 is 55.3. The Labute approximate surface area is 157 Å². The zero-order chi connectivity index (χ0) is 20.1. The largest absolute Gasteiger partial charge is 0.612 e. The van der Waals surface area contributed by atoms with E-state index in [9.17, 15) is 27.3 Å². The van der Waals surface area contributed by atoms with Gasteiger partial charge in [0.2, 0.25) is 5.91 Å². The zero-order valence-electron chi connectivity index (χ0n) is 14.7. The van der Waals surface area contributed by atoms with Crippen molar-refractivity contribution in [2.75, 3.05) is 19.3 Å². The van der Waals surface area contributed by atoms with Crippen molar-refractivity contribution in [1.82, 2.24) is 4.90 Å². The van der Waals surface area contributed by atoms with Gasteiger partial charge in [0, 0.05) is 19.2 Å². The number of amides is 2. The first-order valence-corrected chi connectivity index (χ1v) is 9.81. The number of primary amides is 1. The molecule has 2 N–H and O–H groups in total. The molecule has 0 bridgehead atoms. The van der Waals surface area contributed by atoms with Crippen molar-refractivity contribution in [1.29, 1.82) is 0 Å². The van der Waals surface area contributed by atoms with E-state index in [1.54, 1.807) is 0 Å². The standard InChI is InChI=1S/C17H19F3N2O4S/c1-9(17(18,19)20)26-13-4-3-11(27(2)25)5-12(13)14(23)22-7-10-6-16(10,8-22)15(21)24/h3-5,9-10H,6-8H2,1-2H3,(H2,21,24). The molecule has 1 aromatic rings. The molecule has 2 aliphatic rings. The molecule has 0 radical (unpaired) electrons. The lowest BCUT2D eigenvalue weighted by atomic mass is 10.1. The number of alkyl halides is 3. The van der Waals surface area contributed by atoms with Gasteiger partial charge in [-0.2, -0.15) is 13.2 Å². The van der Waals surface area contributed by atoms with Gasteiger partial charge in [-0.25, -0.2) is 0 Å². The monoisotopic (exact) mass is 404 g/mol. The van der Waals surface area contributed by atoms with Gasteiger partial charge in [0.05, 0.1) is 11.0 Å². The van der Waals surface area contributed by atoms with Crippen molar-refractivity contribution in [3.63, 3.8) is 0 Å². The van der Waals surface area contributed by atoms with Crippen LogP contribution in [0.5, 0.6) is 5.75 Å². The van der Waals surface area contributed by atoms with Crippen LogP contribution in [-0.2, 0) is 16.0 Å². The van der Waals surface area contributed by atoms with E-state index in [1.165, 1.54) is 29.4 Å². The zero-order valence-corrected chi connectivity index (χ0v) is 15.5. The van der Waals surface area contributed by atoms with Crippen molar-refractivity contribution in [3.8, 4) is 5.75 Å². The van der Waals surface area contributed by atoms with E-state index in [4.69, 9.17) is 10.5 Å². The molecular formula is C17H19F3N2O4S. The molecule has 1 aromatic carbocycles. The molecule has 1 saturated heterocycles. The number of hydrogen-bond donors (Lipinski definition) is 1. The van der Waals surface area contributed by atoms with Crippen LogP contribution in [0.15, 0.2) is 23.1 Å². The van der Waals surface area contributed by atoms with Gasteiger partial charge >= 0.3 is 6.18 Å². The maximum Gasteiger partial charge on any atom is 0.425 e. The van der Waals surface area contributed by atoms with Gasteiger partial charge in [0.15, 0.2) is 11.0 Å². The summed E-state index contributed by atoms with van der Waals surface area (Å²) >= 11 is -1.43.